The first-order valence-electron chi connectivity index (χ1n) is 8.11. The van der Waals surface area contributed by atoms with Gasteiger partial charge in [-0.3, -0.25) is 19.1 Å². The Morgan fingerprint density at radius 1 is 1.15 bits per heavy atom. The fourth-order valence-electron chi connectivity index (χ4n) is 2.39. The summed E-state index contributed by atoms with van der Waals surface area (Å²) >= 11 is 0. The molecule has 3 rings (SSSR count). The molecule has 9 heteroatoms. The fourth-order valence-corrected chi connectivity index (χ4v) is 2.39. The molecule has 138 valence electrons. The van der Waals surface area contributed by atoms with Crippen LogP contribution in [0.5, 0.6) is 0 Å². The Morgan fingerprint density at radius 3 is 2.63 bits per heavy atom. The third-order valence-electron chi connectivity index (χ3n) is 3.67. The van der Waals surface area contributed by atoms with E-state index in [1.54, 1.807) is 13.2 Å². The number of ketones is 1. The average Bonchev–Trinajstić information content (AvgIpc) is 3.34. The molecule has 0 bridgehead atoms. The maximum atomic E-state index is 12.5. The van der Waals surface area contributed by atoms with Gasteiger partial charge in [-0.25, -0.2) is 4.98 Å². The second-order valence-corrected chi connectivity index (χ2v) is 5.65. The predicted octanol–water partition coefficient (Wildman–Crippen LogP) is 0.690. The van der Waals surface area contributed by atoms with Crippen molar-refractivity contribution in [1.29, 1.82) is 0 Å². The van der Waals surface area contributed by atoms with Crippen LogP contribution in [0.25, 0.3) is 11.3 Å². The molecule has 2 heterocycles. The summed E-state index contributed by atoms with van der Waals surface area (Å²) in [5.41, 5.74) is 1.59. The van der Waals surface area contributed by atoms with E-state index in [0.717, 1.165) is 5.56 Å². The molecule has 0 atom stereocenters. The summed E-state index contributed by atoms with van der Waals surface area (Å²) in [5, 5.41) is 9.13. The predicted molar refractivity (Wildman–Crippen MR) is 94.3 cm³/mol. The van der Waals surface area contributed by atoms with Crippen LogP contribution in [-0.2, 0) is 23.2 Å². The number of hydrogen-bond donors (Lipinski definition) is 2. The van der Waals surface area contributed by atoms with E-state index >= 15 is 0 Å². The van der Waals surface area contributed by atoms with Gasteiger partial charge in [-0.2, -0.15) is 5.10 Å². The zero-order valence-electron chi connectivity index (χ0n) is 14.5. The van der Waals surface area contributed by atoms with Gasteiger partial charge in [0.05, 0.1) is 24.8 Å². The number of nitrogens with zero attached hydrogens (tertiary/aromatic N) is 3. The van der Waals surface area contributed by atoms with E-state index in [1.165, 1.54) is 17.1 Å². The first-order chi connectivity index (χ1) is 13.0. The van der Waals surface area contributed by atoms with Crippen LogP contribution in [0.4, 0.5) is 0 Å². The fraction of sp³-hybridized carbons (Fsp3) is 0.167. The number of Topliss-reactive ketones (excluding diaryl/α,β-unsaturated/α-hetero) is 1. The van der Waals surface area contributed by atoms with Crippen molar-refractivity contribution in [3.05, 3.63) is 60.4 Å². The number of hydrogen-bond acceptors (Lipinski definition) is 6. The van der Waals surface area contributed by atoms with Crippen LogP contribution < -0.4 is 10.6 Å². The van der Waals surface area contributed by atoms with Gasteiger partial charge in [0.2, 0.25) is 11.7 Å². The maximum Gasteiger partial charge on any atom is 0.289 e. The lowest BCUT2D eigenvalue weighted by Gasteiger charge is -2.05. The summed E-state index contributed by atoms with van der Waals surface area (Å²) in [7, 11) is 1.70. The number of carbonyl (C=O) groups is 3. The van der Waals surface area contributed by atoms with Gasteiger partial charge in [0.15, 0.2) is 0 Å². The molecule has 0 aliphatic rings. The molecule has 9 nitrogen and oxygen atoms in total. The van der Waals surface area contributed by atoms with Gasteiger partial charge in [0.1, 0.15) is 12.0 Å². The Kier molecular flexibility index (Phi) is 5.41. The number of carbonyl (C=O) groups excluding carboxylic acids is 3. The zero-order chi connectivity index (χ0) is 19.2. The van der Waals surface area contributed by atoms with Crippen molar-refractivity contribution >= 4 is 17.6 Å². The van der Waals surface area contributed by atoms with Gasteiger partial charge in [0.25, 0.3) is 11.8 Å². The van der Waals surface area contributed by atoms with Crippen molar-refractivity contribution in [3.8, 4) is 11.3 Å². The number of aromatic nitrogens is 3. The molecule has 0 unspecified atom stereocenters. The Hall–Kier alpha value is -3.75. The minimum absolute atomic E-state index is 0.00766. The van der Waals surface area contributed by atoms with Crippen LogP contribution >= 0.6 is 0 Å². The number of oxazole rings is 1. The lowest BCUT2D eigenvalue weighted by Crippen LogP contribution is -2.39. The van der Waals surface area contributed by atoms with E-state index in [-0.39, 0.29) is 12.4 Å². The van der Waals surface area contributed by atoms with E-state index < -0.39 is 24.1 Å². The van der Waals surface area contributed by atoms with Crippen molar-refractivity contribution in [1.82, 2.24) is 25.4 Å². The van der Waals surface area contributed by atoms with Gasteiger partial charge in [-0.05, 0) is 0 Å². The van der Waals surface area contributed by atoms with Crippen LogP contribution in [0.2, 0.25) is 0 Å². The first-order valence-corrected chi connectivity index (χ1v) is 8.11. The molecule has 2 N–H and O–H groups in total. The summed E-state index contributed by atoms with van der Waals surface area (Å²) in [4.78, 5) is 40.0. The third kappa shape index (κ3) is 4.46. The SMILES string of the molecule is Cn1cc(C(=O)NCC(=O)C(=O)NCc2ncco2)c(-c2ccccc2)n1. The summed E-state index contributed by atoms with van der Waals surface area (Å²) in [6, 6.07) is 9.21. The molecule has 27 heavy (non-hydrogen) atoms. The number of nitrogens with one attached hydrogen (secondary N) is 2. The summed E-state index contributed by atoms with van der Waals surface area (Å²) in [5.74, 6) is -1.82. The van der Waals surface area contributed by atoms with Crippen LogP contribution in [0.3, 0.4) is 0 Å². The monoisotopic (exact) mass is 367 g/mol. The minimum atomic E-state index is -0.831. The van der Waals surface area contributed by atoms with Gasteiger partial charge >= 0.3 is 0 Å². The molecule has 0 radical (unpaired) electrons. The lowest BCUT2D eigenvalue weighted by molar-refractivity contribution is -0.137. The second-order valence-electron chi connectivity index (χ2n) is 5.65. The molecule has 3 aromatic rings. The Balaban J connectivity index is 1.59. The molecule has 0 aliphatic carbocycles. The van der Waals surface area contributed by atoms with E-state index in [2.05, 4.69) is 20.7 Å². The minimum Gasteiger partial charge on any atom is -0.447 e. The highest BCUT2D eigenvalue weighted by Gasteiger charge is 2.20. The van der Waals surface area contributed by atoms with Gasteiger partial charge in [-0.1, -0.05) is 30.3 Å². The zero-order valence-corrected chi connectivity index (χ0v) is 14.5. The Bertz CT molecular complexity index is 948. The summed E-state index contributed by atoms with van der Waals surface area (Å²) in [6.45, 7) is -0.439. The number of benzene rings is 1. The topological polar surface area (TPSA) is 119 Å². The summed E-state index contributed by atoms with van der Waals surface area (Å²) in [6.07, 6.45) is 4.36. The smallest absolute Gasteiger partial charge is 0.289 e. The number of amides is 2. The molecule has 1 aromatic carbocycles. The van der Waals surface area contributed by atoms with Crippen molar-refractivity contribution in [2.24, 2.45) is 7.05 Å². The van der Waals surface area contributed by atoms with Crippen molar-refractivity contribution in [2.75, 3.05) is 6.54 Å². The van der Waals surface area contributed by atoms with Gasteiger partial charge in [-0.15, -0.1) is 0 Å². The molecule has 2 amide bonds. The van der Waals surface area contributed by atoms with Crippen LogP contribution in [0, 0.1) is 0 Å². The normalized spacial score (nSPS) is 10.4. The average molecular weight is 367 g/mol. The molecule has 0 spiro atoms. The molecule has 2 aromatic heterocycles. The van der Waals surface area contributed by atoms with Crippen molar-refractivity contribution in [2.45, 2.75) is 6.54 Å². The van der Waals surface area contributed by atoms with E-state index in [9.17, 15) is 14.4 Å². The van der Waals surface area contributed by atoms with Crippen LogP contribution in [-0.4, -0.2) is 38.9 Å². The molecule has 0 fully saturated rings. The highest BCUT2D eigenvalue weighted by atomic mass is 16.3. The number of aryl methyl sites for hydroxylation is 1. The van der Waals surface area contributed by atoms with Crippen molar-refractivity contribution < 1.29 is 18.8 Å². The number of rotatable bonds is 7. The Morgan fingerprint density at radius 2 is 1.93 bits per heavy atom. The van der Waals surface area contributed by atoms with E-state index in [1.807, 2.05) is 30.3 Å². The van der Waals surface area contributed by atoms with E-state index in [4.69, 9.17) is 4.42 Å². The van der Waals surface area contributed by atoms with Crippen LogP contribution in [0.1, 0.15) is 16.2 Å². The van der Waals surface area contributed by atoms with Crippen molar-refractivity contribution in [3.63, 3.8) is 0 Å². The molecule has 0 aliphatic heterocycles. The highest BCUT2D eigenvalue weighted by molar-refractivity contribution is 6.37. The maximum absolute atomic E-state index is 12.5. The largest absolute Gasteiger partial charge is 0.447 e. The molecule has 0 saturated carbocycles. The van der Waals surface area contributed by atoms with E-state index in [0.29, 0.717) is 11.3 Å². The quantitative estimate of drug-likeness (QED) is 0.593. The van der Waals surface area contributed by atoms with Crippen LogP contribution in [0.15, 0.2) is 53.4 Å². The lowest BCUT2D eigenvalue weighted by atomic mass is 10.1. The molecular weight excluding hydrogens is 350 g/mol. The second kappa shape index (κ2) is 8.09. The standard InChI is InChI=1S/C18H17N5O4/c1-23-11-13(16(22-23)12-5-3-2-4-6-12)17(25)20-9-14(24)18(26)21-10-15-19-7-8-27-15/h2-8,11H,9-10H2,1H3,(H,20,25)(H,21,26). The summed E-state index contributed by atoms with van der Waals surface area (Å²) < 4.78 is 6.48. The van der Waals surface area contributed by atoms with Gasteiger partial charge < -0.3 is 15.1 Å². The molecular formula is C18H17N5O4. The highest BCUT2D eigenvalue weighted by Crippen LogP contribution is 2.21. The van der Waals surface area contributed by atoms with Gasteiger partial charge in [0, 0.05) is 18.8 Å². The molecule has 0 saturated heterocycles. The first kappa shape index (κ1) is 18.1. The third-order valence-corrected chi connectivity index (χ3v) is 3.67. The Labute approximate surface area is 154 Å².